The average molecular weight is 143 g/mol. The topological polar surface area (TPSA) is 12.5 Å². The highest BCUT2D eigenvalue weighted by atomic mass is 16.7. The van der Waals surface area contributed by atoms with Crippen LogP contribution in [0.2, 0.25) is 0 Å². The lowest BCUT2D eigenvalue weighted by Crippen LogP contribution is -2.28. The molecule has 1 heterocycles. The zero-order valence-electron chi connectivity index (χ0n) is 6.81. The highest BCUT2D eigenvalue weighted by Gasteiger charge is 2.06. The lowest BCUT2D eigenvalue weighted by molar-refractivity contribution is -0.141. The Kier molecular flexibility index (Phi) is 6.55. The van der Waals surface area contributed by atoms with Crippen LogP contribution in [0.5, 0.6) is 0 Å². The lowest BCUT2D eigenvalue weighted by Gasteiger charge is -2.23. The van der Waals surface area contributed by atoms with Gasteiger partial charge in [0, 0.05) is 13.1 Å². The van der Waals surface area contributed by atoms with Gasteiger partial charge in [-0.3, -0.25) is 0 Å². The molecule has 0 unspecified atom stereocenters. The van der Waals surface area contributed by atoms with Gasteiger partial charge < -0.3 is 4.84 Å². The molecule has 0 saturated carbocycles. The Labute approximate surface area is 63.4 Å². The molecule has 2 heteroatoms. The van der Waals surface area contributed by atoms with Crippen molar-refractivity contribution in [3.8, 4) is 0 Å². The van der Waals surface area contributed by atoms with Crippen molar-refractivity contribution in [2.45, 2.75) is 19.3 Å². The second kappa shape index (κ2) is 6.78. The van der Waals surface area contributed by atoms with Gasteiger partial charge in [-0.1, -0.05) is 6.42 Å². The molecule has 2 nitrogen and oxygen atoms in total. The van der Waals surface area contributed by atoms with E-state index in [0.29, 0.717) is 0 Å². The summed E-state index contributed by atoms with van der Waals surface area (Å²) in [4.78, 5) is 5.02. The summed E-state index contributed by atoms with van der Waals surface area (Å²) in [5, 5.41) is 2.02. The van der Waals surface area contributed by atoms with Crippen molar-refractivity contribution in [2.24, 2.45) is 0 Å². The van der Waals surface area contributed by atoms with Gasteiger partial charge in [-0.05, 0) is 12.8 Å². The number of hydrogen-bond acceptors (Lipinski definition) is 2. The summed E-state index contributed by atoms with van der Waals surface area (Å²) in [7, 11) is 1.74. The van der Waals surface area contributed by atoms with Gasteiger partial charge in [-0.2, -0.15) is 5.06 Å². The first-order chi connectivity index (χ1) is 4.93. The van der Waals surface area contributed by atoms with Gasteiger partial charge in [0.15, 0.2) is 0 Å². The van der Waals surface area contributed by atoms with Gasteiger partial charge in [0.2, 0.25) is 0 Å². The predicted molar refractivity (Wildman–Crippen MR) is 43.7 cm³/mol. The van der Waals surface area contributed by atoms with Crippen LogP contribution in [0.3, 0.4) is 0 Å². The summed E-state index contributed by atoms with van der Waals surface area (Å²) in [6, 6.07) is 0. The summed E-state index contributed by atoms with van der Waals surface area (Å²) in [6.07, 6.45) is 3.97. The molecule has 0 bridgehead atoms. The summed E-state index contributed by atoms with van der Waals surface area (Å²) in [5.74, 6) is 0. The summed E-state index contributed by atoms with van der Waals surface area (Å²) in [6.45, 7) is 8.24. The van der Waals surface area contributed by atoms with Crippen LogP contribution < -0.4 is 0 Å². The van der Waals surface area contributed by atoms with Crippen molar-refractivity contribution >= 4 is 0 Å². The van der Waals surface area contributed by atoms with E-state index in [0.717, 1.165) is 13.1 Å². The molecule has 1 saturated heterocycles. The van der Waals surface area contributed by atoms with Crippen molar-refractivity contribution < 1.29 is 4.84 Å². The quantitative estimate of drug-likeness (QED) is 0.519. The fourth-order valence-corrected chi connectivity index (χ4v) is 1.05. The maximum atomic E-state index is 5.02. The van der Waals surface area contributed by atoms with E-state index in [-0.39, 0.29) is 0 Å². The first-order valence-corrected chi connectivity index (χ1v) is 3.72. The Balaban J connectivity index is 0.000000371. The van der Waals surface area contributed by atoms with Crippen molar-refractivity contribution in [1.82, 2.24) is 5.06 Å². The standard InChI is InChI=1S/C6H13NO.C2H4/c1-8-7-5-3-2-4-6-7;1-2/h2-6H2,1H3;1-2H2. The van der Waals surface area contributed by atoms with Crippen LogP contribution in [-0.4, -0.2) is 25.3 Å². The molecular weight excluding hydrogens is 126 g/mol. The molecule has 60 valence electrons. The summed E-state index contributed by atoms with van der Waals surface area (Å²) < 4.78 is 0. The Morgan fingerprint density at radius 1 is 1.10 bits per heavy atom. The fourth-order valence-electron chi connectivity index (χ4n) is 1.05. The molecular formula is C8H17NO. The molecule has 1 fully saturated rings. The van der Waals surface area contributed by atoms with Gasteiger partial charge >= 0.3 is 0 Å². The van der Waals surface area contributed by atoms with Gasteiger partial charge in [0.05, 0.1) is 7.11 Å². The molecule has 1 rings (SSSR count). The molecule has 0 radical (unpaired) electrons. The smallest absolute Gasteiger partial charge is 0.0575 e. The molecule has 0 aromatic carbocycles. The molecule has 10 heavy (non-hydrogen) atoms. The van der Waals surface area contributed by atoms with Crippen molar-refractivity contribution in [1.29, 1.82) is 0 Å². The summed E-state index contributed by atoms with van der Waals surface area (Å²) >= 11 is 0. The number of piperidine rings is 1. The molecule has 1 aliphatic heterocycles. The second-order valence-corrected chi connectivity index (χ2v) is 2.17. The highest BCUT2D eigenvalue weighted by Crippen LogP contribution is 2.07. The third kappa shape index (κ3) is 3.64. The maximum Gasteiger partial charge on any atom is 0.0575 e. The molecule has 0 N–H and O–H groups in total. The first kappa shape index (κ1) is 9.66. The monoisotopic (exact) mass is 143 g/mol. The van der Waals surface area contributed by atoms with Gasteiger partial charge in [0.1, 0.15) is 0 Å². The minimum atomic E-state index is 1.12. The Morgan fingerprint density at radius 2 is 1.60 bits per heavy atom. The second-order valence-electron chi connectivity index (χ2n) is 2.17. The Morgan fingerprint density at radius 3 is 1.90 bits per heavy atom. The van der Waals surface area contributed by atoms with Crippen LogP contribution in [-0.2, 0) is 4.84 Å². The first-order valence-electron chi connectivity index (χ1n) is 3.72. The number of hydrogen-bond donors (Lipinski definition) is 0. The molecule has 0 aliphatic carbocycles. The SMILES string of the molecule is C=C.CON1CCCCC1. The van der Waals surface area contributed by atoms with E-state index in [9.17, 15) is 0 Å². The highest BCUT2D eigenvalue weighted by molar-refractivity contribution is 4.55. The zero-order chi connectivity index (χ0) is 7.82. The van der Waals surface area contributed by atoms with E-state index in [4.69, 9.17) is 4.84 Å². The van der Waals surface area contributed by atoms with E-state index >= 15 is 0 Å². The van der Waals surface area contributed by atoms with Crippen LogP contribution in [0.25, 0.3) is 0 Å². The lowest BCUT2D eigenvalue weighted by atomic mass is 10.2. The Bertz CT molecular complexity index is 69.7. The minimum absolute atomic E-state index is 1.12. The van der Waals surface area contributed by atoms with Crippen molar-refractivity contribution in [3.05, 3.63) is 13.2 Å². The minimum Gasteiger partial charge on any atom is -0.302 e. The molecule has 0 aromatic rings. The van der Waals surface area contributed by atoms with Crippen LogP contribution in [0.1, 0.15) is 19.3 Å². The number of rotatable bonds is 1. The number of hydroxylamine groups is 2. The maximum absolute atomic E-state index is 5.02. The average Bonchev–Trinajstić information content (AvgIpc) is 2.10. The van der Waals surface area contributed by atoms with Crippen molar-refractivity contribution in [3.63, 3.8) is 0 Å². The largest absolute Gasteiger partial charge is 0.302 e. The van der Waals surface area contributed by atoms with Crippen LogP contribution in [0, 0.1) is 0 Å². The van der Waals surface area contributed by atoms with E-state index in [1.807, 2.05) is 5.06 Å². The van der Waals surface area contributed by atoms with E-state index < -0.39 is 0 Å². The third-order valence-electron chi connectivity index (χ3n) is 1.57. The van der Waals surface area contributed by atoms with Crippen molar-refractivity contribution in [2.75, 3.05) is 20.2 Å². The van der Waals surface area contributed by atoms with Gasteiger partial charge in [0.25, 0.3) is 0 Å². The van der Waals surface area contributed by atoms with Crippen LogP contribution in [0.15, 0.2) is 13.2 Å². The van der Waals surface area contributed by atoms with E-state index in [2.05, 4.69) is 13.2 Å². The van der Waals surface area contributed by atoms with Gasteiger partial charge in [-0.25, -0.2) is 0 Å². The van der Waals surface area contributed by atoms with E-state index in [1.165, 1.54) is 19.3 Å². The number of nitrogens with zero attached hydrogens (tertiary/aromatic N) is 1. The van der Waals surface area contributed by atoms with Crippen LogP contribution in [0.4, 0.5) is 0 Å². The molecule has 0 atom stereocenters. The predicted octanol–water partition coefficient (Wildman–Crippen LogP) is 1.84. The molecule has 0 aromatic heterocycles. The zero-order valence-corrected chi connectivity index (χ0v) is 6.81. The normalized spacial score (nSPS) is 19.3. The fraction of sp³-hybridized carbons (Fsp3) is 0.750. The van der Waals surface area contributed by atoms with E-state index in [1.54, 1.807) is 7.11 Å². The van der Waals surface area contributed by atoms with Gasteiger partial charge in [-0.15, -0.1) is 13.2 Å². The molecule has 0 spiro atoms. The van der Waals surface area contributed by atoms with Crippen LogP contribution >= 0.6 is 0 Å². The third-order valence-corrected chi connectivity index (χ3v) is 1.57. The molecule has 0 amide bonds. The Hall–Kier alpha value is -0.340. The molecule has 1 aliphatic rings. The summed E-state index contributed by atoms with van der Waals surface area (Å²) in [5.41, 5.74) is 0.